The van der Waals surface area contributed by atoms with Crippen molar-refractivity contribution in [3.63, 3.8) is 0 Å². The zero-order valence-electron chi connectivity index (χ0n) is 18.7. The van der Waals surface area contributed by atoms with Gasteiger partial charge in [-0.1, -0.05) is 35.5 Å². The van der Waals surface area contributed by atoms with Crippen LogP contribution >= 0.6 is 0 Å². The van der Waals surface area contributed by atoms with E-state index in [-0.39, 0.29) is 18.3 Å². The summed E-state index contributed by atoms with van der Waals surface area (Å²) in [6, 6.07) is 17.6. The van der Waals surface area contributed by atoms with Crippen LogP contribution < -0.4 is 5.32 Å². The average Bonchev–Trinajstić information content (AvgIpc) is 3.52. The molecule has 0 aliphatic carbocycles. The molecule has 170 valence electrons. The van der Waals surface area contributed by atoms with Gasteiger partial charge in [0.1, 0.15) is 12.1 Å². The molecule has 0 amide bonds. The maximum Gasteiger partial charge on any atom is 0.360 e. The number of nitrogens with one attached hydrogen (secondary N) is 1. The molecule has 3 aromatic heterocycles. The molecule has 1 atom stereocenters. The van der Waals surface area contributed by atoms with Crippen LogP contribution in [0.5, 0.6) is 0 Å². The number of rotatable bonds is 7. The predicted octanol–water partition coefficient (Wildman–Crippen LogP) is 3.75. The summed E-state index contributed by atoms with van der Waals surface area (Å²) >= 11 is 0. The van der Waals surface area contributed by atoms with Crippen molar-refractivity contribution in [2.75, 3.05) is 11.9 Å². The van der Waals surface area contributed by atoms with E-state index in [1.54, 1.807) is 19.4 Å². The minimum Gasteiger partial charge on any atom is -0.461 e. The molecule has 0 saturated heterocycles. The molecule has 0 aliphatic rings. The van der Waals surface area contributed by atoms with Crippen LogP contribution in [0.1, 0.15) is 35.9 Å². The Bertz CT molecular complexity index is 1440. The van der Waals surface area contributed by atoms with Gasteiger partial charge in [0, 0.05) is 6.20 Å². The Labute approximate surface area is 195 Å². The Kier molecular flexibility index (Phi) is 5.69. The first kappa shape index (κ1) is 21.3. The number of anilines is 1. The second-order valence-electron chi connectivity index (χ2n) is 7.57. The molecule has 1 N–H and O–H groups in total. The maximum atomic E-state index is 11.9. The summed E-state index contributed by atoms with van der Waals surface area (Å²) in [5.41, 5.74) is 3.63. The fourth-order valence-electron chi connectivity index (χ4n) is 3.58. The lowest BCUT2D eigenvalue weighted by molar-refractivity contribution is 0.0519. The number of aromatic nitrogens is 7. The number of nitrogens with zero attached hydrogens (tertiary/aromatic N) is 7. The molecular formula is C24H22N8O2. The SMILES string of the molecule is CCOC(=O)c1cn(-c2ccc3ncn(-c4ccnc(N[C@@H](C)c5ccccc5)n4)c3c2)nn1. The van der Waals surface area contributed by atoms with E-state index < -0.39 is 5.97 Å². The van der Waals surface area contributed by atoms with Gasteiger partial charge in [0.25, 0.3) is 0 Å². The third-order valence-corrected chi connectivity index (χ3v) is 5.31. The van der Waals surface area contributed by atoms with E-state index in [0.717, 1.165) is 22.3 Å². The van der Waals surface area contributed by atoms with E-state index in [1.165, 1.54) is 10.9 Å². The number of hydrogen-bond acceptors (Lipinski definition) is 8. The first-order chi connectivity index (χ1) is 16.6. The van der Waals surface area contributed by atoms with Gasteiger partial charge < -0.3 is 10.1 Å². The third-order valence-electron chi connectivity index (χ3n) is 5.31. The highest BCUT2D eigenvalue weighted by atomic mass is 16.5. The molecule has 0 unspecified atom stereocenters. The zero-order valence-corrected chi connectivity index (χ0v) is 18.7. The Morgan fingerprint density at radius 3 is 2.79 bits per heavy atom. The van der Waals surface area contributed by atoms with Crippen molar-refractivity contribution < 1.29 is 9.53 Å². The molecule has 0 saturated carbocycles. The third kappa shape index (κ3) is 4.20. The van der Waals surface area contributed by atoms with Gasteiger partial charge in [-0.25, -0.2) is 19.4 Å². The topological polar surface area (TPSA) is 113 Å². The Morgan fingerprint density at radius 1 is 1.12 bits per heavy atom. The van der Waals surface area contributed by atoms with Gasteiger partial charge in [-0.15, -0.1) is 5.10 Å². The van der Waals surface area contributed by atoms with Crippen LogP contribution in [0.3, 0.4) is 0 Å². The molecule has 3 heterocycles. The van der Waals surface area contributed by atoms with Gasteiger partial charge in [-0.2, -0.15) is 4.98 Å². The maximum absolute atomic E-state index is 11.9. The molecule has 10 heteroatoms. The second-order valence-corrected chi connectivity index (χ2v) is 7.57. The highest BCUT2D eigenvalue weighted by Crippen LogP contribution is 2.22. The Hall–Kier alpha value is -4.60. The predicted molar refractivity (Wildman–Crippen MR) is 126 cm³/mol. The van der Waals surface area contributed by atoms with Crippen LogP contribution in [-0.2, 0) is 4.74 Å². The lowest BCUT2D eigenvalue weighted by Crippen LogP contribution is -2.10. The largest absolute Gasteiger partial charge is 0.461 e. The number of carbonyl (C=O) groups is 1. The van der Waals surface area contributed by atoms with Crippen molar-refractivity contribution in [1.29, 1.82) is 0 Å². The highest BCUT2D eigenvalue weighted by molar-refractivity contribution is 5.87. The van der Waals surface area contributed by atoms with Crippen molar-refractivity contribution in [2.24, 2.45) is 0 Å². The molecule has 34 heavy (non-hydrogen) atoms. The number of fused-ring (bicyclic) bond motifs is 1. The normalized spacial score (nSPS) is 11.9. The lowest BCUT2D eigenvalue weighted by atomic mass is 10.1. The molecule has 5 rings (SSSR count). The van der Waals surface area contributed by atoms with Crippen LogP contribution in [0.4, 0.5) is 5.95 Å². The molecule has 0 spiro atoms. The van der Waals surface area contributed by atoms with E-state index in [1.807, 2.05) is 47.0 Å². The fourth-order valence-corrected chi connectivity index (χ4v) is 3.58. The first-order valence-corrected chi connectivity index (χ1v) is 10.8. The van der Waals surface area contributed by atoms with Crippen molar-refractivity contribution in [3.05, 3.63) is 84.6 Å². The van der Waals surface area contributed by atoms with Crippen LogP contribution in [0.2, 0.25) is 0 Å². The van der Waals surface area contributed by atoms with Crippen molar-refractivity contribution in [2.45, 2.75) is 19.9 Å². The van der Waals surface area contributed by atoms with Crippen LogP contribution in [0.15, 0.2) is 73.3 Å². The molecule has 0 aliphatic heterocycles. The van der Waals surface area contributed by atoms with Gasteiger partial charge in [0.15, 0.2) is 5.69 Å². The van der Waals surface area contributed by atoms with Crippen LogP contribution in [-0.4, -0.2) is 47.1 Å². The standard InChI is InChI=1S/C24H22N8O2/c1-3-34-23(33)20-14-32(30-29-20)18-9-10-19-21(13-18)31(15-26-19)22-11-12-25-24(28-22)27-16(2)17-7-5-4-6-8-17/h4-16H,3H2,1-2H3,(H,25,27,28)/t16-/m0/s1. The van der Waals surface area contributed by atoms with E-state index >= 15 is 0 Å². The number of benzene rings is 2. The summed E-state index contributed by atoms with van der Waals surface area (Å²) in [7, 11) is 0. The summed E-state index contributed by atoms with van der Waals surface area (Å²) in [5.74, 6) is 0.677. The molecule has 0 fully saturated rings. The molecular weight excluding hydrogens is 432 g/mol. The number of ether oxygens (including phenoxy) is 1. The summed E-state index contributed by atoms with van der Waals surface area (Å²) in [5, 5.41) is 11.3. The highest BCUT2D eigenvalue weighted by Gasteiger charge is 2.14. The van der Waals surface area contributed by atoms with Crippen molar-refractivity contribution >= 4 is 23.0 Å². The molecule has 2 aromatic carbocycles. The summed E-state index contributed by atoms with van der Waals surface area (Å²) in [6.45, 7) is 4.08. The van der Waals surface area contributed by atoms with E-state index in [2.05, 4.69) is 49.6 Å². The fraction of sp³-hybridized carbons (Fsp3) is 0.167. The summed E-state index contributed by atoms with van der Waals surface area (Å²) < 4.78 is 8.39. The minimum atomic E-state index is -0.509. The average molecular weight is 454 g/mol. The monoisotopic (exact) mass is 454 g/mol. The Balaban J connectivity index is 1.44. The first-order valence-electron chi connectivity index (χ1n) is 10.8. The van der Waals surface area contributed by atoms with Gasteiger partial charge in [0.2, 0.25) is 5.95 Å². The molecule has 0 bridgehead atoms. The molecule has 0 radical (unpaired) electrons. The van der Waals surface area contributed by atoms with Gasteiger partial charge in [-0.05, 0) is 43.7 Å². The number of esters is 1. The smallest absolute Gasteiger partial charge is 0.360 e. The van der Waals surface area contributed by atoms with Crippen molar-refractivity contribution in [3.8, 4) is 11.5 Å². The van der Waals surface area contributed by atoms with E-state index in [4.69, 9.17) is 4.74 Å². The minimum absolute atomic E-state index is 0.0449. The molecule has 10 nitrogen and oxygen atoms in total. The quantitative estimate of drug-likeness (QED) is 0.370. The number of hydrogen-bond donors (Lipinski definition) is 1. The number of imidazole rings is 1. The summed E-state index contributed by atoms with van der Waals surface area (Å²) in [6.07, 6.45) is 4.96. The second kappa shape index (κ2) is 9.10. The van der Waals surface area contributed by atoms with E-state index in [0.29, 0.717) is 11.8 Å². The van der Waals surface area contributed by atoms with Crippen LogP contribution in [0.25, 0.3) is 22.5 Å². The lowest BCUT2D eigenvalue weighted by Gasteiger charge is -2.14. The van der Waals surface area contributed by atoms with Crippen molar-refractivity contribution in [1.82, 2.24) is 34.5 Å². The molecule has 5 aromatic rings. The van der Waals surface area contributed by atoms with Gasteiger partial charge in [0.05, 0.1) is 35.6 Å². The van der Waals surface area contributed by atoms with E-state index in [9.17, 15) is 4.79 Å². The van der Waals surface area contributed by atoms with Gasteiger partial charge in [-0.3, -0.25) is 4.57 Å². The Morgan fingerprint density at radius 2 is 1.97 bits per heavy atom. The summed E-state index contributed by atoms with van der Waals surface area (Å²) in [4.78, 5) is 25.5. The zero-order chi connectivity index (χ0) is 23.5. The van der Waals surface area contributed by atoms with Crippen LogP contribution in [0, 0.1) is 0 Å². The van der Waals surface area contributed by atoms with Gasteiger partial charge >= 0.3 is 5.97 Å². The number of carbonyl (C=O) groups excluding carboxylic acids is 1.